The summed E-state index contributed by atoms with van der Waals surface area (Å²) < 4.78 is 5.50. The van der Waals surface area contributed by atoms with E-state index >= 15 is 0 Å². The van der Waals surface area contributed by atoms with Crippen molar-refractivity contribution in [2.75, 3.05) is 6.61 Å². The molecule has 0 bridgehead atoms. The maximum Gasteiger partial charge on any atom is 0.303 e. The van der Waals surface area contributed by atoms with E-state index < -0.39 is 5.97 Å². The van der Waals surface area contributed by atoms with Crippen LogP contribution in [0.1, 0.15) is 44.1 Å². The zero-order valence-electron chi connectivity index (χ0n) is 10.8. The lowest BCUT2D eigenvalue weighted by molar-refractivity contribution is -0.138. The smallest absolute Gasteiger partial charge is 0.303 e. The fourth-order valence-corrected chi connectivity index (χ4v) is 2.83. The van der Waals surface area contributed by atoms with Crippen LogP contribution in [0.25, 0.3) is 0 Å². The summed E-state index contributed by atoms with van der Waals surface area (Å²) in [7, 11) is 0. The van der Waals surface area contributed by atoms with Crippen LogP contribution in [-0.2, 0) is 4.79 Å². The van der Waals surface area contributed by atoms with Crippen LogP contribution in [0.2, 0.25) is 0 Å². The first-order valence-corrected chi connectivity index (χ1v) is 6.63. The number of hydrogen-bond donors (Lipinski definition) is 1. The minimum absolute atomic E-state index is 0.307. The van der Waals surface area contributed by atoms with Gasteiger partial charge in [0, 0.05) is 6.42 Å². The Morgan fingerprint density at radius 2 is 2.28 bits per heavy atom. The second-order valence-corrected chi connectivity index (χ2v) is 4.98. The van der Waals surface area contributed by atoms with Crippen molar-refractivity contribution < 1.29 is 14.6 Å². The topological polar surface area (TPSA) is 46.5 Å². The molecule has 0 spiro atoms. The molecule has 1 N–H and O–H groups in total. The summed E-state index contributed by atoms with van der Waals surface area (Å²) in [4.78, 5) is 10.7. The number of hydrogen-bond acceptors (Lipinski definition) is 2. The molecule has 2 unspecified atom stereocenters. The number of aliphatic carboxylic acids is 1. The first-order valence-electron chi connectivity index (χ1n) is 6.63. The standard InChI is InChI=1S/C15H20O3/c1-2-18-14-5-3-4-12(10-14)13-7-6-11(8-13)9-15(16)17/h3-5,10-11,13H,2,6-9H2,1H3,(H,16,17). The zero-order chi connectivity index (χ0) is 13.0. The summed E-state index contributed by atoms with van der Waals surface area (Å²) in [6.45, 7) is 2.65. The maximum atomic E-state index is 10.7. The Kier molecular flexibility index (Phi) is 4.24. The lowest BCUT2D eigenvalue weighted by Gasteiger charge is -2.12. The summed E-state index contributed by atoms with van der Waals surface area (Å²) in [5.41, 5.74) is 1.29. The third kappa shape index (κ3) is 3.25. The molecular formula is C15H20O3. The number of ether oxygens (including phenoxy) is 1. The largest absolute Gasteiger partial charge is 0.494 e. The van der Waals surface area contributed by atoms with Gasteiger partial charge in [-0.1, -0.05) is 12.1 Å². The highest BCUT2D eigenvalue weighted by Crippen LogP contribution is 2.40. The molecule has 0 aromatic heterocycles. The van der Waals surface area contributed by atoms with Gasteiger partial charge in [0.1, 0.15) is 5.75 Å². The van der Waals surface area contributed by atoms with E-state index in [1.807, 2.05) is 19.1 Å². The van der Waals surface area contributed by atoms with Crippen LogP contribution < -0.4 is 4.74 Å². The highest BCUT2D eigenvalue weighted by atomic mass is 16.5. The number of rotatable bonds is 5. The van der Waals surface area contributed by atoms with E-state index in [2.05, 4.69) is 12.1 Å². The van der Waals surface area contributed by atoms with E-state index in [-0.39, 0.29) is 0 Å². The van der Waals surface area contributed by atoms with Crippen LogP contribution in [0, 0.1) is 5.92 Å². The highest BCUT2D eigenvalue weighted by Gasteiger charge is 2.27. The molecule has 1 aromatic carbocycles. The Labute approximate surface area is 108 Å². The van der Waals surface area contributed by atoms with Gasteiger partial charge < -0.3 is 9.84 Å². The first kappa shape index (κ1) is 12.9. The summed E-state index contributed by atoms with van der Waals surface area (Å²) >= 11 is 0. The Morgan fingerprint density at radius 3 is 3.00 bits per heavy atom. The van der Waals surface area contributed by atoms with Gasteiger partial charge in [0.2, 0.25) is 0 Å². The van der Waals surface area contributed by atoms with Gasteiger partial charge >= 0.3 is 5.97 Å². The fraction of sp³-hybridized carbons (Fsp3) is 0.533. The second-order valence-electron chi connectivity index (χ2n) is 4.98. The molecule has 1 saturated carbocycles. The molecular weight excluding hydrogens is 228 g/mol. The number of carbonyl (C=O) groups is 1. The van der Waals surface area contributed by atoms with E-state index in [1.54, 1.807) is 0 Å². The Morgan fingerprint density at radius 1 is 1.44 bits per heavy atom. The molecule has 0 amide bonds. The van der Waals surface area contributed by atoms with Gasteiger partial charge in [-0.15, -0.1) is 0 Å². The van der Waals surface area contributed by atoms with Crippen molar-refractivity contribution in [1.82, 2.24) is 0 Å². The first-order chi connectivity index (χ1) is 8.69. The van der Waals surface area contributed by atoms with Crippen molar-refractivity contribution in [3.8, 4) is 5.75 Å². The highest BCUT2D eigenvalue weighted by molar-refractivity contribution is 5.67. The molecule has 0 heterocycles. The fourth-order valence-electron chi connectivity index (χ4n) is 2.83. The van der Waals surface area contributed by atoms with E-state index in [1.165, 1.54) is 5.56 Å². The van der Waals surface area contributed by atoms with Crippen LogP contribution in [0.4, 0.5) is 0 Å². The molecule has 2 rings (SSSR count). The average molecular weight is 248 g/mol. The molecule has 1 aliphatic rings. The predicted octanol–water partition coefficient (Wildman–Crippen LogP) is 3.44. The zero-order valence-corrected chi connectivity index (χ0v) is 10.8. The van der Waals surface area contributed by atoms with Crippen molar-refractivity contribution >= 4 is 5.97 Å². The molecule has 1 fully saturated rings. The monoisotopic (exact) mass is 248 g/mol. The van der Waals surface area contributed by atoms with Gasteiger partial charge in [0.25, 0.3) is 0 Å². The molecule has 3 nitrogen and oxygen atoms in total. The molecule has 0 aliphatic heterocycles. The molecule has 18 heavy (non-hydrogen) atoms. The summed E-state index contributed by atoms with van der Waals surface area (Å²) in [6.07, 6.45) is 3.41. The molecule has 0 radical (unpaired) electrons. The Hall–Kier alpha value is -1.51. The SMILES string of the molecule is CCOc1cccc(C2CCC(CC(=O)O)C2)c1. The van der Waals surface area contributed by atoms with E-state index in [4.69, 9.17) is 9.84 Å². The van der Waals surface area contributed by atoms with Gasteiger partial charge in [0.05, 0.1) is 6.61 Å². The predicted molar refractivity (Wildman–Crippen MR) is 69.9 cm³/mol. The van der Waals surface area contributed by atoms with Gasteiger partial charge in [-0.05, 0) is 55.7 Å². The van der Waals surface area contributed by atoms with Crippen LogP contribution >= 0.6 is 0 Å². The van der Waals surface area contributed by atoms with Crippen LogP contribution in [0.15, 0.2) is 24.3 Å². The third-order valence-electron chi connectivity index (χ3n) is 3.65. The number of carboxylic acid groups (broad SMARTS) is 1. The van der Waals surface area contributed by atoms with Crippen molar-refractivity contribution in [3.63, 3.8) is 0 Å². The van der Waals surface area contributed by atoms with Crippen LogP contribution in [0.5, 0.6) is 5.75 Å². The van der Waals surface area contributed by atoms with Gasteiger partial charge in [0.15, 0.2) is 0 Å². The molecule has 1 aliphatic carbocycles. The van der Waals surface area contributed by atoms with Crippen molar-refractivity contribution in [1.29, 1.82) is 0 Å². The van der Waals surface area contributed by atoms with E-state index in [0.29, 0.717) is 24.9 Å². The summed E-state index contributed by atoms with van der Waals surface area (Å²) in [5.74, 6) is 1.07. The minimum atomic E-state index is -0.677. The van der Waals surface area contributed by atoms with Crippen molar-refractivity contribution in [2.24, 2.45) is 5.92 Å². The average Bonchev–Trinajstić information content (AvgIpc) is 2.77. The molecule has 0 saturated heterocycles. The number of carboxylic acids is 1. The summed E-state index contributed by atoms with van der Waals surface area (Å²) in [5, 5.41) is 8.82. The summed E-state index contributed by atoms with van der Waals surface area (Å²) in [6, 6.07) is 8.20. The Balaban J connectivity index is 2.00. The lowest BCUT2D eigenvalue weighted by atomic mass is 9.95. The van der Waals surface area contributed by atoms with Gasteiger partial charge in [-0.2, -0.15) is 0 Å². The molecule has 98 valence electrons. The Bertz CT molecular complexity index is 414. The second kappa shape index (κ2) is 5.89. The van der Waals surface area contributed by atoms with Crippen molar-refractivity contribution in [3.05, 3.63) is 29.8 Å². The lowest BCUT2D eigenvalue weighted by Crippen LogP contribution is -2.04. The quantitative estimate of drug-likeness (QED) is 0.868. The van der Waals surface area contributed by atoms with Gasteiger partial charge in [-0.3, -0.25) is 4.79 Å². The number of benzene rings is 1. The molecule has 1 aromatic rings. The normalized spacial score (nSPS) is 22.9. The third-order valence-corrected chi connectivity index (χ3v) is 3.65. The van der Waals surface area contributed by atoms with Gasteiger partial charge in [-0.25, -0.2) is 0 Å². The van der Waals surface area contributed by atoms with E-state index in [0.717, 1.165) is 25.0 Å². The minimum Gasteiger partial charge on any atom is -0.494 e. The van der Waals surface area contributed by atoms with Crippen LogP contribution in [0.3, 0.4) is 0 Å². The van der Waals surface area contributed by atoms with E-state index in [9.17, 15) is 4.79 Å². The molecule has 3 heteroatoms. The molecule has 2 atom stereocenters. The van der Waals surface area contributed by atoms with Crippen LogP contribution in [-0.4, -0.2) is 17.7 Å². The van der Waals surface area contributed by atoms with Crippen molar-refractivity contribution in [2.45, 2.75) is 38.5 Å². The maximum absolute atomic E-state index is 10.7.